The fraction of sp³-hybridized carbons (Fsp3) is 0.667. The zero-order valence-electron chi connectivity index (χ0n) is 13.3. The lowest BCUT2D eigenvalue weighted by Crippen LogP contribution is -2.60. The molecule has 1 heterocycles. The molecule has 0 aromatic heterocycles. The van der Waals surface area contributed by atoms with Gasteiger partial charge in [0.1, 0.15) is 0 Å². The van der Waals surface area contributed by atoms with Crippen LogP contribution in [0.4, 0.5) is 5.69 Å². The number of nitrogens with one attached hydrogen (secondary N) is 1. The quantitative estimate of drug-likeness (QED) is 0.844. The molecule has 1 saturated carbocycles. The van der Waals surface area contributed by atoms with Crippen molar-refractivity contribution in [1.82, 2.24) is 5.32 Å². The van der Waals surface area contributed by atoms with Crippen LogP contribution in [0.25, 0.3) is 0 Å². The Balaban J connectivity index is 1.83. The molecule has 116 valence electrons. The van der Waals surface area contributed by atoms with Crippen molar-refractivity contribution in [3.63, 3.8) is 0 Å². The number of aliphatic hydroxyl groups is 1. The minimum Gasteiger partial charge on any atom is -0.394 e. The van der Waals surface area contributed by atoms with Crippen LogP contribution in [0.5, 0.6) is 0 Å². The molecule has 21 heavy (non-hydrogen) atoms. The van der Waals surface area contributed by atoms with Crippen LogP contribution in [0.2, 0.25) is 0 Å². The van der Waals surface area contributed by atoms with Crippen LogP contribution in [0, 0.1) is 5.92 Å². The van der Waals surface area contributed by atoms with Crippen molar-refractivity contribution in [1.29, 1.82) is 0 Å². The Kier molecular flexibility index (Phi) is 4.23. The van der Waals surface area contributed by atoms with Crippen LogP contribution >= 0.6 is 0 Å². The SMILES string of the molecule is CC(C)NC(CO)(CN1CCCc2ccccc21)C1CC1. The highest BCUT2D eigenvalue weighted by molar-refractivity contribution is 5.55. The molecule has 3 nitrogen and oxygen atoms in total. The van der Waals surface area contributed by atoms with Gasteiger partial charge in [-0.05, 0) is 43.2 Å². The number of aliphatic hydroxyl groups excluding tert-OH is 1. The number of hydrogen-bond acceptors (Lipinski definition) is 3. The van der Waals surface area contributed by atoms with E-state index < -0.39 is 0 Å². The van der Waals surface area contributed by atoms with E-state index in [4.69, 9.17) is 0 Å². The number of nitrogens with zero attached hydrogens (tertiary/aromatic N) is 1. The molecule has 1 aromatic rings. The average molecular weight is 288 g/mol. The van der Waals surface area contributed by atoms with Crippen molar-refractivity contribution >= 4 is 5.69 Å². The zero-order valence-corrected chi connectivity index (χ0v) is 13.3. The first-order chi connectivity index (χ1) is 10.1. The minimum absolute atomic E-state index is 0.140. The molecule has 1 aliphatic heterocycles. The smallest absolute Gasteiger partial charge is 0.0633 e. The molecule has 2 aliphatic rings. The first-order valence-electron chi connectivity index (χ1n) is 8.36. The highest BCUT2D eigenvalue weighted by Gasteiger charge is 2.46. The van der Waals surface area contributed by atoms with E-state index in [1.165, 1.54) is 36.9 Å². The van der Waals surface area contributed by atoms with E-state index in [2.05, 4.69) is 48.3 Å². The number of hydrogen-bond donors (Lipinski definition) is 2. The van der Waals surface area contributed by atoms with E-state index in [0.717, 1.165) is 13.1 Å². The van der Waals surface area contributed by atoms with E-state index >= 15 is 0 Å². The molecule has 1 atom stereocenters. The Morgan fingerprint density at radius 1 is 1.33 bits per heavy atom. The Morgan fingerprint density at radius 2 is 2.10 bits per heavy atom. The molecule has 0 bridgehead atoms. The summed E-state index contributed by atoms with van der Waals surface area (Å²) in [6.07, 6.45) is 4.89. The highest BCUT2D eigenvalue weighted by Crippen LogP contribution is 2.41. The summed E-state index contributed by atoms with van der Waals surface area (Å²) in [6, 6.07) is 9.14. The number of aryl methyl sites for hydroxylation is 1. The van der Waals surface area contributed by atoms with Gasteiger partial charge < -0.3 is 15.3 Å². The summed E-state index contributed by atoms with van der Waals surface area (Å²) in [7, 11) is 0. The second-order valence-electron chi connectivity index (χ2n) is 7.04. The van der Waals surface area contributed by atoms with Gasteiger partial charge in [-0.15, -0.1) is 0 Å². The maximum atomic E-state index is 10.1. The zero-order chi connectivity index (χ0) is 14.9. The van der Waals surface area contributed by atoms with Gasteiger partial charge in [-0.1, -0.05) is 32.0 Å². The molecule has 2 N–H and O–H groups in total. The second kappa shape index (κ2) is 5.98. The summed E-state index contributed by atoms with van der Waals surface area (Å²) in [6.45, 7) is 6.61. The lowest BCUT2D eigenvalue weighted by molar-refractivity contribution is 0.134. The van der Waals surface area contributed by atoms with Crippen molar-refractivity contribution in [3.05, 3.63) is 29.8 Å². The summed E-state index contributed by atoms with van der Waals surface area (Å²) in [5.74, 6) is 0.624. The third kappa shape index (κ3) is 3.09. The van der Waals surface area contributed by atoms with Crippen molar-refractivity contribution < 1.29 is 5.11 Å². The van der Waals surface area contributed by atoms with E-state index in [1.807, 2.05) is 0 Å². The summed E-state index contributed by atoms with van der Waals surface area (Å²) < 4.78 is 0. The molecule has 3 rings (SSSR count). The third-order valence-electron chi connectivity index (χ3n) is 4.90. The van der Waals surface area contributed by atoms with E-state index in [-0.39, 0.29) is 12.1 Å². The van der Waals surface area contributed by atoms with Gasteiger partial charge >= 0.3 is 0 Å². The van der Waals surface area contributed by atoms with Crippen molar-refractivity contribution in [2.24, 2.45) is 5.92 Å². The molecular formula is C18H28N2O. The third-order valence-corrected chi connectivity index (χ3v) is 4.90. The highest BCUT2D eigenvalue weighted by atomic mass is 16.3. The Morgan fingerprint density at radius 3 is 2.76 bits per heavy atom. The Labute approximate surface area is 128 Å². The maximum Gasteiger partial charge on any atom is 0.0633 e. The lowest BCUT2D eigenvalue weighted by Gasteiger charge is -2.42. The van der Waals surface area contributed by atoms with Crippen LogP contribution in [0.1, 0.15) is 38.7 Å². The van der Waals surface area contributed by atoms with Gasteiger partial charge in [0.25, 0.3) is 0 Å². The summed E-state index contributed by atoms with van der Waals surface area (Å²) in [5.41, 5.74) is 2.68. The van der Waals surface area contributed by atoms with Crippen molar-refractivity contribution in [3.8, 4) is 0 Å². The Hall–Kier alpha value is -1.06. The predicted molar refractivity (Wildman–Crippen MR) is 87.8 cm³/mol. The van der Waals surface area contributed by atoms with Crippen LogP contribution < -0.4 is 10.2 Å². The van der Waals surface area contributed by atoms with Gasteiger partial charge in [0.05, 0.1) is 12.1 Å². The van der Waals surface area contributed by atoms with E-state index in [9.17, 15) is 5.11 Å². The fourth-order valence-electron chi connectivity index (χ4n) is 3.84. The molecular weight excluding hydrogens is 260 g/mol. The number of benzene rings is 1. The van der Waals surface area contributed by atoms with Crippen LogP contribution in [-0.2, 0) is 6.42 Å². The van der Waals surface area contributed by atoms with E-state index in [0.29, 0.717) is 12.0 Å². The maximum absolute atomic E-state index is 10.1. The summed E-state index contributed by atoms with van der Waals surface area (Å²) >= 11 is 0. The second-order valence-corrected chi connectivity index (χ2v) is 7.04. The monoisotopic (exact) mass is 288 g/mol. The van der Waals surface area contributed by atoms with Gasteiger partial charge in [-0.3, -0.25) is 0 Å². The number of rotatable bonds is 6. The number of anilines is 1. The van der Waals surface area contributed by atoms with Crippen LogP contribution in [0.3, 0.4) is 0 Å². The molecule has 1 aromatic carbocycles. The summed E-state index contributed by atoms with van der Waals surface area (Å²) in [5, 5.41) is 13.8. The topological polar surface area (TPSA) is 35.5 Å². The minimum atomic E-state index is -0.140. The first kappa shape index (κ1) is 14.9. The normalized spacial score (nSPS) is 21.2. The molecule has 3 heteroatoms. The molecule has 0 spiro atoms. The number of para-hydroxylation sites is 1. The lowest BCUT2D eigenvalue weighted by atomic mass is 9.90. The largest absolute Gasteiger partial charge is 0.394 e. The van der Waals surface area contributed by atoms with Gasteiger partial charge in [0.15, 0.2) is 0 Å². The molecule has 1 aliphatic carbocycles. The standard InChI is InChI=1S/C18H28N2O/c1-14(2)19-18(13-21,16-9-10-16)12-20-11-5-7-15-6-3-4-8-17(15)20/h3-4,6,8,14,16,19,21H,5,7,9-13H2,1-2H3. The van der Waals surface area contributed by atoms with Crippen LogP contribution in [-0.4, -0.2) is 36.4 Å². The van der Waals surface area contributed by atoms with Gasteiger partial charge in [0.2, 0.25) is 0 Å². The average Bonchev–Trinajstić information content (AvgIpc) is 3.31. The fourth-order valence-corrected chi connectivity index (χ4v) is 3.84. The summed E-state index contributed by atoms with van der Waals surface area (Å²) in [4.78, 5) is 2.49. The van der Waals surface area contributed by atoms with Crippen molar-refractivity contribution in [2.75, 3.05) is 24.6 Å². The molecule has 1 fully saturated rings. The van der Waals surface area contributed by atoms with Gasteiger partial charge in [-0.2, -0.15) is 0 Å². The Bertz CT molecular complexity index is 484. The van der Waals surface area contributed by atoms with Gasteiger partial charge in [-0.25, -0.2) is 0 Å². The van der Waals surface area contributed by atoms with Crippen LogP contribution in [0.15, 0.2) is 24.3 Å². The number of fused-ring (bicyclic) bond motifs is 1. The molecule has 0 amide bonds. The predicted octanol–water partition coefficient (Wildman–Crippen LogP) is 2.58. The molecule has 0 radical (unpaired) electrons. The molecule has 1 unspecified atom stereocenters. The van der Waals surface area contributed by atoms with Crippen molar-refractivity contribution in [2.45, 2.75) is 51.1 Å². The van der Waals surface area contributed by atoms with E-state index in [1.54, 1.807) is 0 Å². The molecule has 0 saturated heterocycles. The first-order valence-corrected chi connectivity index (χ1v) is 8.36. The van der Waals surface area contributed by atoms with Gasteiger partial charge in [0, 0.05) is 24.8 Å².